The van der Waals surface area contributed by atoms with Gasteiger partial charge in [-0.1, -0.05) is 0 Å². The predicted molar refractivity (Wildman–Crippen MR) is 24.3 cm³/mol. The number of aliphatic hydroxyl groups is 1. The van der Waals surface area contributed by atoms with Gasteiger partial charge in [0.25, 0.3) is 0 Å². The maximum absolute atomic E-state index is 9.82. The highest BCUT2D eigenvalue weighted by Crippen LogP contribution is 1.73. The minimum Gasteiger partial charge on any atom is -0.479 e. The molecule has 0 saturated carbocycles. The van der Waals surface area contributed by atoms with Gasteiger partial charge < -0.3 is 16.4 Å². The monoisotopic (exact) mass is 109 g/mol. The summed E-state index contributed by atoms with van der Waals surface area (Å²) in [6.07, 6.45) is -2.12. The molecule has 1 atom stereocenters. The Morgan fingerprint density at radius 3 is 2.57 bits per heavy atom. The van der Waals surface area contributed by atoms with Gasteiger partial charge in [0, 0.05) is 0 Å². The first-order valence-corrected chi connectivity index (χ1v) is 1.38. The van der Waals surface area contributed by atoms with Gasteiger partial charge in [-0.05, 0) is 6.92 Å². The van der Waals surface area contributed by atoms with E-state index in [2.05, 4.69) is 5.11 Å². The van der Waals surface area contributed by atoms with Crippen molar-refractivity contribution in [1.29, 1.82) is 1.43 Å². The Morgan fingerprint density at radius 2 is 2.57 bits per heavy atom. The SMILES string of the molecule is N.[2H]OC([2H])(C)C(=O)O. The average Bonchev–Trinajstić information content (AvgIpc) is 1.67. The lowest BCUT2D eigenvalue weighted by atomic mass is 10.4. The minimum atomic E-state index is -2.12. The molecular weight excluding hydrogens is 98.0 g/mol. The van der Waals surface area contributed by atoms with Crippen molar-refractivity contribution in [3.05, 3.63) is 0 Å². The molecule has 0 aromatic rings. The highest BCUT2D eigenvalue weighted by atomic mass is 16.4. The van der Waals surface area contributed by atoms with E-state index in [-0.39, 0.29) is 6.15 Å². The van der Waals surface area contributed by atoms with Crippen LogP contribution < -0.4 is 6.15 Å². The molecule has 5 N–H and O–H groups in total. The Balaban J connectivity index is 0. The van der Waals surface area contributed by atoms with Gasteiger partial charge in [0.15, 0.2) is 0 Å². The van der Waals surface area contributed by atoms with Gasteiger partial charge in [-0.3, -0.25) is 0 Å². The average molecular weight is 109 g/mol. The molecule has 1 unspecified atom stereocenters. The largest absolute Gasteiger partial charge is 0.479 e. The van der Waals surface area contributed by atoms with Gasteiger partial charge in [-0.25, -0.2) is 4.79 Å². The minimum absolute atomic E-state index is 0. The second-order valence-electron chi connectivity index (χ2n) is 0.861. The van der Waals surface area contributed by atoms with Crippen molar-refractivity contribution in [1.82, 2.24) is 6.15 Å². The van der Waals surface area contributed by atoms with Crippen LogP contribution in [0, 0.1) is 0 Å². The summed E-state index contributed by atoms with van der Waals surface area (Å²) in [5.74, 6) is -1.47. The van der Waals surface area contributed by atoms with E-state index in [0.717, 1.165) is 6.92 Å². The van der Waals surface area contributed by atoms with Gasteiger partial charge >= 0.3 is 5.97 Å². The Hall–Kier alpha value is -0.610. The fourth-order valence-electron chi connectivity index (χ4n) is 0. The van der Waals surface area contributed by atoms with Crippen molar-refractivity contribution in [2.45, 2.75) is 13.0 Å². The third kappa shape index (κ3) is 5.39. The first-order chi connectivity index (χ1) is 3.50. The Labute approximate surface area is 44.3 Å². The second-order valence-corrected chi connectivity index (χ2v) is 0.861. The van der Waals surface area contributed by atoms with Gasteiger partial charge in [0.2, 0.25) is 1.43 Å². The summed E-state index contributed by atoms with van der Waals surface area (Å²) in [7, 11) is 0. The molecular formula is C3H9NO3. The zero-order chi connectivity index (χ0) is 6.78. The van der Waals surface area contributed by atoms with Crippen LogP contribution in [0.15, 0.2) is 0 Å². The van der Waals surface area contributed by atoms with Crippen molar-refractivity contribution in [3.63, 3.8) is 0 Å². The van der Waals surface area contributed by atoms with Crippen molar-refractivity contribution in [2.24, 2.45) is 0 Å². The number of carbonyl (C=O) groups is 1. The molecule has 0 aliphatic heterocycles. The van der Waals surface area contributed by atoms with Crippen LogP contribution in [0.4, 0.5) is 0 Å². The van der Waals surface area contributed by atoms with Crippen LogP contribution in [-0.4, -0.2) is 23.7 Å². The Morgan fingerprint density at radius 1 is 2.14 bits per heavy atom. The Kier molecular flexibility index (Phi) is 2.32. The molecule has 0 amide bonds. The van der Waals surface area contributed by atoms with E-state index in [1.165, 1.54) is 0 Å². The molecule has 44 valence electrons. The van der Waals surface area contributed by atoms with Gasteiger partial charge in [0.1, 0.15) is 6.08 Å². The van der Waals surface area contributed by atoms with Crippen LogP contribution in [-0.2, 0) is 4.79 Å². The van der Waals surface area contributed by atoms with E-state index < -0.39 is 12.0 Å². The van der Waals surface area contributed by atoms with Crippen molar-refractivity contribution in [2.75, 3.05) is 0 Å². The maximum atomic E-state index is 9.82. The van der Waals surface area contributed by atoms with Crippen LogP contribution in [0.5, 0.6) is 0 Å². The van der Waals surface area contributed by atoms with E-state index in [9.17, 15) is 4.79 Å². The molecule has 0 bridgehead atoms. The van der Waals surface area contributed by atoms with Crippen LogP contribution in [0.1, 0.15) is 8.29 Å². The zero-order valence-electron chi connectivity index (χ0n) is 5.97. The number of aliphatic carboxylic acids is 1. The van der Waals surface area contributed by atoms with Crippen LogP contribution >= 0.6 is 0 Å². The lowest BCUT2D eigenvalue weighted by molar-refractivity contribution is -0.145. The van der Waals surface area contributed by atoms with E-state index in [1.54, 1.807) is 0 Å². The fraction of sp³-hybridized carbons (Fsp3) is 0.667. The van der Waals surface area contributed by atoms with Gasteiger partial charge in [-0.2, -0.15) is 0 Å². The van der Waals surface area contributed by atoms with Crippen LogP contribution in [0.2, 0.25) is 0 Å². The second kappa shape index (κ2) is 3.58. The molecule has 4 heteroatoms. The smallest absolute Gasteiger partial charge is 0.332 e. The zero-order valence-corrected chi connectivity index (χ0v) is 3.97. The number of hydrogen-bond acceptors (Lipinski definition) is 3. The predicted octanol–water partition coefficient (Wildman–Crippen LogP) is -0.386. The van der Waals surface area contributed by atoms with Crippen LogP contribution in [0.3, 0.4) is 0 Å². The topological polar surface area (TPSA) is 92.5 Å². The standard InChI is InChI=1S/C3H6O3.H3N/c1-2(4)3(5)6;/h2,4H,1H3,(H,5,6);1H3/i2D,4D;. The molecule has 7 heavy (non-hydrogen) atoms. The van der Waals surface area contributed by atoms with E-state index in [0.29, 0.717) is 0 Å². The molecule has 0 aromatic heterocycles. The molecule has 0 heterocycles. The van der Waals surface area contributed by atoms with Gasteiger partial charge in [0.05, 0.1) is 1.37 Å². The summed E-state index contributed by atoms with van der Waals surface area (Å²) < 4.78 is 12.7. The molecule has 0 rings (SSSR count). The molecule has 0 fully saturated rings. The first-order valence-electron chi connectivity index (χ1n) is 2.29. The summed E-state index contributed by atoms with van der Waals surface area (Å²) in [5.41, 5.74) is 0. The molecule has 0 aliphatic carbocycles. The van der Waals surface area contributed by atoms with E-state index >= 15 is 0 Å². The summed E-state index contributed by atoms with van der Waals surface area (Å²) >= 11 is 0. The number of carboxylic acids is 1. The van der Waals surface area contributed by atoms with Crippen LogP contribution in [0.25, 0.3) is 0 Å². The van der Waals surface area contributed by atoms with E-state index in [1.807, 2.05) is 0 Å². The van der Waals surface area contributed by atoms with E-state index in [4.69, 9.17) is 7.91 Å². The number of rotatable bonds is 2. The Bertz CT molecular complexity index is 105. The third-order valence-electron chi connectivity index (χ3n) is 0.301. The molecule has 0 spiro atoms. The molecule has 0 aliphatic rings. The molecule has 0 radical (unpaired) electrons. The van der Waals surface area contributed by atoms with Crippen molar-refractivity contribution >= 4 is 5.97 Å². The van der Waals surface area contributed by atoms with Crippen molar-refractivity contribution < 1.29 is 16.4 Å². The molecule has 4 nitrogen and oxygen atoms in total. The normalized spacial score (nSPS) is 20.1. The fourth-order valence-corrected chi connectivity index (χ4v) is 0. The third-order valence-corrected chi connectivity index (χ3v) is 0.301. The van der Waals surface area contributed by atoms with Gasteiger partial charge in [-0.15, -0.1) is 0 Å². The first kappa shape index (κ1) is 4.55. The highest BCUT2D eigenvalue weighted by molar-refractivity contribution is 5.71. The highest BCUT2D eigenvalue weighted by Gasteiger charge is 2.01. The number of carboxylic acid groups (broad SMARTS) is 1. The summed E-state index contributed by atoms with van der Waals surface area (Å²) in [4.78, 5) is 9.82. The van der Waals surface area contributed by atoms with Crippen molar-refractivity contribution in [3.8, 4) is 0 Å². The quantitative estimate of drug-likeness (QED) is 0.450. The summed E-state index contributed by atoms with van der Waals surface area (Å²) in [5, 5.41) is 11.5. The number of hydrogen-bond donors (Lipinski definition) is 3. The lowest BCUT2D eigenvalue weighted by Crippen LogP contribution is -2.13. The maximum Gasteiger partial charge on any atom is 0.332 e. The molecule has 0 aromatic carbocycles. The summed E-state index contributed by atoms with van der Waals surface area (Å²) in [6.45, 7) is 0.975. The lowest BCUT2D eigenvalue weighted by Gasteiger charge is -1.89. The molecule has 0 saturated heterocycles. The summed E-state index contributed by atoms with van der Waals surface area (Å²) in [6, 6.07) is 0.